The lowest BCUT2D eigenvalue weighted by Crippen LogP contribution is -2.14. The molecule has 0 bridgehead atoms. The number of nitrogens with one attached hydrogen (secondary N) is 2. The number of carbonyl (C=O) groups excluding carboxylic acids is 1. The van der Waals surface area contributed by atoms with Gasteiger partial charge in [-0.05, 0) is 0 Å². The van der Waals surface area contributed by atoms with Gasteiger partial charge in [0.15, 0.2) is 17.1 Å². The van der Waals surface area contributed by atoms with Crippen LogP contribution < -0.4 is 25.3 Å². The molecule has 0 unspecified atom stereocenters. The number of nitrogens with zero attached hydrogens (tertiary/aromatic N) is 3. The summed E-state index contributed by atoms with van der Waals surface area (Å²) in [4.78, 5) is 27.5. The van der Waals surface area contributed by atoms with Crippen molar-refractivity contribution in [2.45, 2.75) is 5.03 Å². The molecule has 0 radical (unpaired) electrons. The van der Waals surface area contributed by atoms with Gasteiger partial charge in [0.2, 0.25) is 17.6 Å². The van der Waals surface area contributed by atoms with Crippen molar-refractivity contribution in [3.8, 4) is 17.2 Å². The highest BCUT2D eigenvalue weighted by atomic mass is 32.2. The molecule has 0 saturated carbocycles. The van der Waals surface area contributed by atoms with Crippen molar-refractivity contribution in [3.63, 3.8) is 0 Å². The first-order valence-electron chi connectivity index (χ1n) is 7.75. The second-order valence-electron chi connectivity index (χ2n) is 5.24. The second-order valence-corrected chi connectivity index (χ2v) is 6.20. The molecule has 3 aromatic rings. The molecule has 0 aliphatic carbocycles. The Morgan fingerprint density at radius 2 is 1.89 bits per heavy atom. The summed E-state index contributed by atoms with van der Waals surface area (Å²) in [5.74, 6) is 1.32. The number of rotatable bonds is 7. The van der Waals surface area contributed by atoms with E-state index in [0.717, 1.165) is 0 Å². The van der Waals surface area contributed by atoms with Crippen LogP contribution in [0, 0.1) is 0 Å². The Hall–Kier alpha value is -3.21. The van der Waals surface area contributed by atoms with Crippen molar-refractivity contribution in [2.24, 2.45) is 0 Å². The molecule has 2 heterocycles. The number of amides is 1. The summed E-state index contributed by atoms with van der Waals surface area (Å²) in [7, 11) is 4.53. The van der Waals surface area contributed by atoms with Gasteiger partial charge in [0, 0.05) is 17.8 Å². The van der Waals surface area contributed by atoms with Crippen LogP contribution in [0.25, 0.3) is 11.2 Å². The molecule has 1 aromatic carbocycles. The van der Waals surface area contributed by atoms with Gasteiger partial charge in [0.25, 0.3) is 0 Å². The third-order valence-corrected chi connectivity index (χ3v) is 4.53. The smallest absolute Gasteiger partial charge is 0.234 e. The maximum atomic E-state index is 12.4. The number of carbonyl (C=O) groups is 1. The Bertz CT molecular complexity index is 952. The van der Waals surface area contributed by atoms with E-state index >= 15 is 0 Å². The third-order valence-electron chi connectivity index (χ3n) is 3.56. The standard InChI is InChI=1S/C16H18N6O4S/c1-24-9-4-8(5-10(25-2)13(9)26-3)20-11(23)6-27-15-12-14(19-7-18-12)21-16(17)22-15/h4-5,7H,6H2,1-3H3,(H,20,23)(H3,17,18,19,21,22). The Labute approximate surface area is 158 Å². The number of fused-ring (bicyclic) bond motifs is 1. The molecule has 2 aromatic heterocycles. The fourth-order valence-corrected chi connectivity index (χ4v) is 3.20. The number of imidazole rings is 1. The molecule has 0 aliphatic rings. The van der Waals surface area contributed by atoms with Crippen LogP contribution in [-0.4, -0.2) is 52.9 Å². The average Bonchev–Trinajstić information content (AvgIpc) is 3.13. The van der Waals surface area contributed by atoms with Crippen LogP contribution in [0.3, 0.4) is 0 Å². The third kappa shape index (κ3) is 3.97. The van der Waals surface area contributed by atoms with Crippen LogP contribution >= 0.6 is 11.8 Å². The molecule has 27 heavy (non-hydrogen) atoms. The van der Waals surface area contributed by atoms with Crippen molar-refractivity contribution >= 4 is 40.5 Å². The van der Waals surface area contributed by atoms with Crippen LogP contribution in [0.5, 0.6) is 17.2 Å². The lowest BCUT2D eigenvalue weighted by Gasteiger charge is -2.14. The number of hydrogen-bond acceptors (Lipinski definition) is 9. The van der Waals surface area contributed by atoms with Crippen LogP contribution in [0.2, 0.25) is 0 Å². The van der Waals surface area contributed by atoms with E-state index in [9.17, 15) is 4.79 Å². The van der Waals surface area contributed by atoms with Gasteiger partial charge in [0.1, 0.15) is 10.5 Å². The summed E-state index contributed by atoms with van der Waals surface area (Å²) >= 11 is 1.22. The van der Waals surface area contributed by atoms with E-state index < -0.39 is 0 Å². The zero-order chi connectivity index (χ0) is 19.4. The molecule has 142 valence electrons. The summed E-state index contributed by atoms with van der Waals surface area (Å²) in [6.07, 6.45) is 1.50. The van der Waals surface area contributed by atoms with Crippen LogP contribution in [0.15, 0.2) is 23.5 Å². The predicted molar refractivity (Wildman–Crippen MR) is 102 cm³/mol. The van der Waals surface area contributed by atoms with Crippen LogP contribution in [0.4, 0.5) is 11.6 Å². The van der Waals surface area contributed by atoms with Crippen LogP contribution in [0.1, 0.15) is 0 Å². The summed E-state index contributed by atoms with van der Waals surface area (Å²) < 4.78 is 15.8. The summed E-state index contributed by atoms with van der Waals surface area (Å²) in [5, 5.41) is 3.34. The number of benzene rings is 1. The molecule has 0 fully saturated rings. The molecule has 3 rings (SSSR count). The Kier molecular flexibility index (Phi) is 5.50. The molecule has 0 saturated heterocycles. The number of hydrogen-bond donors (Lipinski definition) is 3. The number of nitrogen functional groups attached to an aromatic ring is 1. The highest BCUT2D eigenvalue weighted by Crippen LogP contribution is 2.40. The molecule has 10 nitrogen and oxygen atoms in total. The van der Waals surface area contributed by atoms with E-state index in [-0.39, 0.29) is 17.6 Å². The van der Waals surface area contributed by atoms with E-state index in [1.165, 1.54) is 39.4 Å². The minimum atomic E-state index is -0.237. The highest BCUT2D eigenvalue weighted by molar-refractivity contribution is 8.00. The SMILES string of the molecule is COc1cc(NC(=O)CSc2nc(N)nc3nc[nH]c23)cc(OC)c1OC. The zero-order valence-corrected chi connectivity index (χ0v) is 15.7. The molecule has 4 N–H and O–H groups in total. The molecule has 1 amide bonds. The number of ether oxygens (including phenoxy) is 3. The number of methoxy groups -OCH3 is 3. The predicted octanol–water partition coefficient (Wildman–Crippen LogP) is 1.69. The lowest BCUT2D eigenvalue weighted by atomic mass is 10.2. The number of thioether (sulfide) groups is 1. The maximum Gasteiger partial charge on any atom is 0.234 e. The largest absolute Gasteiger partial charge is 0.493 e. The second kappa shape index (κ2) is 7.99. The van der Waals surface area contributed by atoms with Crippen LogP contribution in [-0.2, 0) is 4.79 Å². The summed E-state index contributed by atoms with van der Waals surface area (Å²) in [6, 6.07) is 3.30. The fraction of sp³-hybridized carbons (Fsp3) is 0.250. The van der Waals surface area contributed by atoms with E-state index in [2.05, 4.69) is 25.3 Å². The first-order chi connectivity index (χ1) is 13.0. The normalized spacial score (nSPS) is 10.6. The van der Waals surface area contributed by atoms with Crippen molar-refractivity contribution in [2.75, 3.05) is 38.1 Å². The van der Waals surface area contributed by atoms with E-state index in [4.69, 9.17) is 19.9 Å². The number of aromatic nitrogens is 4. The van der Waals surface area contributed by atoms with Gasteiger partial charge in [-0.2, -0.15) is 4.98 Å². The van der Waals surface area contributed by atoms with Crippen molar-refractivity contribution in [3.05, 3.63) is 18.5 Å². The van der Waals surface area contributed by atoms with E-state index in [1.807, 2.05) is 0 Å². The van der Waals surface area contributed by atoms with Crippen molar-refractivity contribution in [1.29, 1.82) is 0 Å². The van der Waals surface area contributed by atoms with Crippen molar-refractivity contribution in [1.82, 2.24) is 19.9 Å². The van der Waals surface area contributed by atoms with Gasteiger partial charge in [-0.15, -0.1) is 0 Å². The highest BCUT2D eigenvalue weighted by Gasteiger charge is 2.16. The Balaban J connectivity index is 1.73. The van der Waals surface area contributed by atoms with Gasteiger partial charge < -0.3 is 30.2 Å². The summed E-state index contributed by atoms with van der Waals surface area (Å²) in [6.45, 7) is 0. The number of H-pyrrole nitrogens is 1. The Morgan fingerprint density at radius 3 is 2.52 bits per heavy atom. The topological polar surface area (TPSA) is 137 Å². The minimum Gasteiger partial charge on any atom is -0.493 e. The number of nitrogens with two attached hydrogens (primary N) is 1. The Morgan fingerprint density at radius 1 is 1.19 bits per heavy atom. The lowest BCUT2D eigenvalue weighted by molar-refractivity contribution is -0.113. The monoisotopic (exact) mass is 390 g/mol. The molecule has 0 atom stereocenters. The van der Waals surface area contributed by atoms with E-state index in [1.54, 1.807) is 12.1 Å². The minimum absolute atomic E-state index is 0.0992. The van der Waals surface area contributed by atoms with Gasteiger partial charge in [-0.25, -0.2) is 9.97 Å². The molecule has 0 aliphatic heterocycles. The quantitative estimate of drug-likeness (QED) is 0.406. The molecular formula is C16H18N6O4S. The van der Waals surface area contributed by atoms with Gasteiger partial charge in [-0.1, -0.05) is 11.8 Å². The van der Waals surface area contributed by atoms with E-state index in [0.29, 0.717) is 39.1 Å². The van der Waals surface area contributed by atoms with Gasteiger partial charge in [-0.3, -0.25) is 4.79 Å². The first-order valence-corrected chi connectivity index (χ1v) is 8.73. The fourth-order valence-electron chi connectivity index (χ4n) is 2.41. The molecular weight excluding hydrogens is 372 g/mol. The number of anilines is 2. The zero-order valence-electron chi connectivity index (χ0n) is 14.9. The molecule has 11 heteroatoms. The first kappa shape index (κ1) is 18.6. The van der Waals surface area contributed by atoms with Gasteiger partial charge >= 0.3 is 0 Å². The van der Waals surface area contributed by atoms with Crippen molar-refractivity contribution < 1.29 is 19.0 Å². The van der Waals surface area contributed by atoms with Gasteiger partial charge in [0.05, 0.1) is 33.4 Å². The average molecular weight is 390 g/mol. The summed E-state index contributed by atoms with van der Waals surface area (Å²) in [5.41, 5.74) is 7.28. The molecule has 0 spiro atoms. The maximum absolute atomic E-state index is 12.4. The number of aromatic amines is 1.